The molecule has 2 saturated heterocycles. The Hall–Kier alpha value is -2.11. The summed E-state index contributed by atoms with van der Waals surface area (Å²) in [5.74, 6) is 2.86. The number of nitrogens with zero attached hydrogens (tertiary/aromatic N) is 4. The number of thioether (sulfide) groups is 1. The molecule has 2 aromatic heterocycles. The summed E-state index contributed by atoms with van der Waals surface area (Å²) in [5, 5.41) is 3.67. The number of hydrogen-bond donors (Lipinski definition) is 1. The predicted octanol–water partition coefficient (Wildman–Crippen LogP) is 6.02. The van der Waals surface area contributed by atoms with Crippen LogP contribution in [0.1, 0.15) is 78.9 Å². The van der Waals surface area contributed by atoms with Gasteiger partial charge in [-0.05, 0) is 65.5 Å². The molecule has 39 heavy (non-hydrogen) atoms. The molecule has 0 aromatic carbocycles. The summed E-state index contributed by atoms with van der Waals surface area (Å²) >= 11 is 3.10. The van der Waals surface area contributed by atoms with Crippen molar-refractivity contribution in [2.75, 3.05) is 38.0 Å². The number of aromatic nitrogens is 2. The Morgan fingerprint density at radius 3 is 2.36 bits per heavy atom. The van der Waals surface area contributed by atoms with Crippen LogP contribution < -0.4 is 5.32 Å². The van der Waals surface area contributed by atoms with Crippen molar-refractivity contribution < 1.29 is 18.7 Å². The van der Waals surface area contributed by atoms with Crippen LogP contribution in [0.15, 0.2) is 21.0 Å². The van der Waals surface area contributed by atoms with Gasteiger partial charge >= 0.3 is 6.09 Å². The molecule has 0 atom stereocenters. The fourth-order valence-corrected chi connectivity index (χ4v) is 6.54. The number of hydrogen-bond acceptors (Lipinski definition) is 9. The van der Waals surface area contributed by atoms with Gasteiger partial charge in [0.25, 0.3) is 0 Å². The van der Waals surface area contributed by atoms with E-state index in [0.29, 0.717) is 22.7 Å². The molecule has 0 radical (unpaired) electrons. The molecular formula is C28H43N5O4S2. The molecule has 2 fully saturated rings. The minimum Gasteiger partial charge on any atom is -0.444 e. The van der Waals surface area contributed by atoms with Gasteiger partial charge in [0.1, 0.15) is 11.4 Å². The Kier molecular flexibility index (Phi) is 9.65. The molecule has 0 bridgehead atoms. The molecular weight excluding hydrogens is 534 g/mol. The van der Waals surface area contributed by atoms with Gasteiger partial charge in [-0.3, -0.25) is 4.79 Å². The van der Waals surface area contributed by atoms with Gasteiger partial charge in [0.2, 0.25) is 11.8 Å². The van der Waals surface area contributed by atoms with E-state index in [0.717, 1.165) is 68.4 Å². The van der Waals surface area contributed by atoms with E-state index in [4.69, 9.17) is 9.15 Å². The van der Waals surface area contributed by atoms with Gasteiger partial charge < -0.3 is 24.3 Å². The lowest BCUT2D eigenvalue weighted by Gasteiger charge is -2.37. The maximum atomic E-state index is 12.9. The van der Waals surface area contributed by atoms with Crippen molar-refractivity contribution in [3.63, 3.8) is 0 Å². The second-order valence-corrected chi connectivity index (χ2v) is 14.9. The summed E-state index contributed by atoms with van der Waals surface area (Å²) < 4.78 is 12.4. The van der Waals surface area contributed by atoms with E-state index in [-0.39, 0.29) is 23.3 Å². The summed E-state index contributed by atoms with van der Waals surface area (Å²) in [7, 11) is 0. The average Bonchev–Trinajstić information content (AvgIpc) is 3.52. The first-order valence-electron chi connectivity index (χ1n) is 13.9. The van der Waals surface area contributed by atoms with E-state index < -0.39 is 5.60 Å². The Labute approximate surface area is 240 Å². The smallest absolute Gasteiger partial charge is 0.410 e. The van der Waals surface area contributed by atoms with Crippen molar-refractivity contribution in [3.05, 3.63) is 24.0 Å². The third-order valence-corrected chi connectivity index (χ3v) is 9.18. The molecule has 1 N–H and O–H groups in total. The van der Waals surface area contributed by atoms with Crippen LogP contribution in [0.5, 0.6) is 0 Å². The first-order valence-corrected chi connectivity index (χ1v) is 15.7. The maximum Gasteiger partial charge on any atom is 0.410 e. The Morgan fingerprint density at radius 2 is 1.74 bits per heavy atom. The number of carbonyl (C=O) groups is 2. The zero-order chi connectivity index (χ0) is 28.2. The fraction of sp³-hybridized carbons (Fsp3) is 0.714. The molecule has 2 amide bonds. The highest BCUT2D eigenvalue weighted by molar-refractivity contribution is 8.00. The van der Waals surface area contributed by atoms with Crippen molar-refractivity contribution in [1.82, 2.24) is 19.8 Å². The number of piperidine rings is 2. The molecule has 2 aliphatic rings. The highest BCUT2D eigenvalue weighted by Crippen LogP contribution is 2.32. The molecule has 0 saturated carbocycles. The van der Waals surface area contributed by atoms with Gasteiger partial charge in [0, 0.05) is 31.0 Å². The lowest BCUT2D eigenvalue weighted by Crippen LogP contribution is -2.45. The molecule has 11 heteroatoms. The third-order valence-electron chi connectivity index (χ3n) is 7.09. The Morgan fingerprint density at radius 1 is 1.05 bits per heavy atom. The topological polar surface area (TPSA) is 101 Å². The summed E-state index contributed by atoms with van der Waals surface area (Å²) in [5.41, 5.74) is -0.519. The van der Waals surface area contributed by atoms with Crippen LogP contribution in [0.25, 0.3) is 0 Å². The van der Waals surface area contributed by atoms with Gasteiger partial charge in [-0.2, -0.15) is 0 Å². The Bertz CT molecular complexity index is 1100. The Balaban J connectivity index is 1.14. The normalized spacial score (nSPS) is 18.4. The maximum absolute atomic E-state index is 12.9. The van der Waals surface area contributed by atoms with Gasteiger partial charge in [-0.1, -0.05) is 32.1 Å². The summed E-state index contributed by atoms with van der Waals surface area (Å²) in [6.45, 7) is 16.4. The number of amides is 2. The van der Waals surface area contributed by atoms with Crippen molar-refractivity contribution in [3.8, 4) is 0 Å². The first-order chi connectivity index (χ1) is 18.4. The minimum absolute atomic E-state index is 0.0124. The van der Waals surface area contributed by atoms with E-state index >= 15 is 0 Å². The number of carbonyl (C=O) groups excluding carboxylic acids is 2. The number of anilines is 1. The standard InChI is InChI=1S/C28H43N5O4S2/c1-27(2,3)21-15-29-22(36-21)18-38-23-16-30-25(39-23)31-24(34)20-9-11-32(12-10-20)17-19-7-13-33(14-8-19)26(35)37-28(4,5)6/h15-16,19-20H,7-14,17-18H2,1-6H3,(H,30,31,34). The lowest BCUT2D eigenvalue weighted by molar-refractivity contribution is -0.121. The minimum atomic E-state index is -0.458. The van der Waals surface area contributed by atoms with Crippen LogP contribution in [-0.2, 0) is 20.7 Å². The van der Waals surface area contributed by atoms with Crippen LogP contribution in [0.4, 0.5) is 9.93 Å². The zero-order valence-electron chi connectivity index (χ0n) is 24.1. The van der Waals surface area contributed by atoms with E-state index in [2.05, 4.69) is 41.0 Å². The van der Waals surface area contributed by atoms with E-state index in [1.807, 2.05) is 25.7 Å². The van der Waals surface area contributed by atoms with Crippen molar-refractivity contribution in [2.24, 2.45) is 11.8 Å². The molecule has 4 rings (SSSR count). The predicted molar refractivity (Wildman–Crippen MR) is 155 cm³/mol. The van der Waals surface area contributed by atoms with Gasteiger partial charge in [-0.15, -0.1) is 11.8 Å². The largest absolute Gasteiger partial charge is 0.444 e. The van der Waals surface area contributed by atoms with Crippen LogP contribution in [-0.4, -0.2) is 70.1 Å². The summed E-state index contributed by atoms with van der Waals surface area (Å²) in [6, 6.07) is 0. The summed E-state index contributed by atoms with van der Waals surface area (Å²) in [4.78, 5) is 38.3. The SMILES string of the molecule is CC(C)(C)OC(=O)N1CCC(CN2CCC(C(=O)Nc3ncc(SCc4ncc(C(C)(C)C)o4)s3)CC2)CC1. The second-order valence-electron chi connectivity index (χ2n) is 12.6. The van der Waals surface area contributed by atoms with Crippen LogP contribution in [0, 0.1) is 11.8 Å². The van der Waals surface area contributed by atoms with Gasteiger partial charge in [0.05, 0.1) is 22.4 Å². The molecule has 2 aliphatic heterocycles. The highest BCUT2D eigenvalue weighted by atomic mass is 32.2. The van der Waals surface area contributed by atoms with E-state index in [1.54, 1.807) is 24.2 Å². The summed E-state index contributed by atoms with van der Waals surface area (Å²) in [6.07, 6.45) is 7.11. The monoisotopic (exact) mass is 577 g/mol. The number of thiazole rings is 1. The fourth-order valence-electron chi connectivity index (χ4n) is 4.82. The number of rotatable bonds is 7. The average molecular weight is 578 g/mol. The number of likely N-dealkylation sites (tertiary alicyclic amines) is 2. The second kappa shape index (κ2) is 12.6. The molecule has 216 valence electrons. The lowest BCUT2D eigenvalue weighted by atomic mass is 9.92. The zero-order valence-corrected chi connectivity index (χ0v) is 25.8. The van der Waals surface area contributed by atoms with E-state index in [1.165, 1.54) is 11.3 Å². The number of nitrogens with one attached hydrogen (secondary N) is 1. The molecule has 0 aliphatic carbocycles. The quantitative estimate of drug-likeness (QED) is 0.399. The number of oxazole rings is 1. The van der Waals surface area contributed by atoms with Crippen molar-refractivity contribution in [1.29, 1.82) is 0 Å². The highest BCUT2D eigenvalue weighted by Gasteiger charge is 2.30. The molecule has 4 heterocycles. The van der Waals surface area contributed by atoms with E-state index in [9.17, 15) is 9.59 Å². The molecule has 9 nitrogen and oxygen atoms in total. The van der Waals surface area contributed by atoms with Crippen molar-refractivity contribution in [2.45, 2.75) is 88.2 Å². The molecule has 0 unspecified atom stereocenters. The van der Waals surface area contributed by atoms with Gasteiger partial charge in [-0.25, -0.2) is 14.8 Å². The van der Waals surface area contributed by atoms with Crippen LogP contribution in [0.3, 0.4) is 0 Å². The van der Waals surface area contributed by atoms with Crippen LogP contribution in [0.2, 0.25) is 0 Å². The third kappa shape index (κ3) is 8.94. The first kappa shape index (κ1) is 29.9. The molecule has 0 spiro atoms. The van der Waals surface area contributed by atoms with Crippen molar-refractivity contribution >= 4 is 40.2 Å². The van der Waals surface area contributed by atoms with Gasteiger partial charge in [0.15, 0.2) is 5.13 Å². The van der Waals surface area contributed by atoms with Crippen LogP contribution >= 0.6 is 23.1 Å². The number of ether oxygens (including phenoxy) is 1. The molecule has 2 aromatic rings.